The summed E-state index contributed by atoms with van der Waals surface area (Å²) in [6, 6.07) is 0.656. The van der Waals surface area contributed by atoms with Crippen LogP contribution in [0, 0.1) is 0 Å². The van der Waals surface area contributed by atoms with Gasteiger partial charge in [-0.3, -0.25) is 4.68 Å². The van der Waals surface area contributed by atoms with Gasteiger partial charge in [0.05, 0.1) is 13.1 Å². The van der Waals surface area contributed by atoms with Crippen molar-refractivity contribution in [3.63, 3.8) is 0 Å². The van der Waals surface area contributed by atoms with Crippen molar-refractivity contribution >= 4 is 6.03 Å². The Labute approximate surface area is 136 Å². The van der Waals surface area contributed by atoms with Crippen LogP contribution in [0.1, 0.15) is 48.8 Å². The van der Waals surface area contributed by atoms with Crippen molar-refractivity contribution in [3.8, 4) is 0 Å². The fraction of sp³-hybridized carbons (Fsp3) is 0.571. The Hall–Kier alpha value is -2.52. The molecule has 2 heterocycles. The summed E-state index contributed by atoms with van der Waals surface area (Å²) in [5.74, 6) is -1.73. The first-order chi connectivity index (χ1) is 11.3. The summed E-state index contributed by atoms with van der Waals surface area (Å²) >= 11 is 0. The molecule has 2 N–H and O–H groups in total. The van der Waals surface area contributed by atoms with Crippen LogP contribution in [-0.2, 0) is 26.1 Å². The SMILES string of the molecule is Cn1nc(C2CC2)nc1CNC(=O)NCc1cc(C(C)(F)F)on1. The third-order valence-electron chi connectivity index (χ3n) is 3.64. The number of amides is 2. The summed E-state index contributed by atoms with van der Waals surface area (Å²) in [5, 5.41) is 13.0. The van der Waals surface area contributed by atoms with Crippen LogP contribution in [0.3, 0.4) is 0 Å². The average Bonchev–Trinajstić information content (AvgIpc) is 3.12. The quantitative estimate of drug-likeness (QED) is 0.835. The number of rotatable bonds is 6. The van der Waals surface area contributed by atoms with Gasteiger partial charge >= 0.3 is 12.0 Å². The minimum atomic E-state index is -3.10. The molecule has 1 aliphatic rings. The molecule has 0 atom stereocenters. The number of nitrogens with one attached hydrogen (secondary N) is 2. The second-order valence-electron chi connectivity index (χ2n) is 5.89. The fourth-order valence-corrected chi connectivity index (χ4v) is 2.10. The molecule has 0 unspecified atom stereocenters. The first kappa shape index (κ1) is 16.3. The summed E-state index contributed by atoms with van der Waals surface area (Å²) < 4.78 is 32.2. The number of aromatic nitrogens is 4. The molecule has 2 aromatic heterocycles. The third kappa shape index (κ3) is 3.87. The van der Waals surface area contributed by atoms with Gasteiger partial charge in [-0.2, -0.15) is 13.9 Å². The van der Waals surface area contributed by atoms with E-state index in [1.165, 1.54) is 0 Å². The number of carbonyl (C=O) groups is 1. The molecule has 2 amide bonds. The number of hydrogen-bond acceptors (Lipinski definition) is 5. The normalized spacial score (nSPS) is 14.7. The van der Waals surface area contributed by atoms with Crippen LogP contribution >= 0.6 is 0 Å². The monoisotopic (exact) mass is 340 g/mol. The highest BCUT2D eigenvalue weighted by Gasteiger charge is 2.30. The molecule has 0 saturated heterocycles. The largest absolute Gasteiger partial charge is 0.355 e. The van der Waals surface area contributed by atoms with Crippen LogP contribution in [0.15, 0.2) is 10.6 Å². The van der Waals surface area contributed by atoms with Gasteiger partial charge in [0.15, 0.2) is 5.82 Å². The second kappa shape index (κ2) is 6.17. The van der Waals surface area contributed by atoms with Crippen molar-refractivity contribution in [2.75, 3.05) is 0 Å². The Morgan fingerprint density at radius 3 is 2.75 bits per heavy atom. The molecule has 2 aromatic rings. The third-order valence-corrected chi connectivity index (χ3v) is 3.64. The smallest absolute Gasteiger partial charge is 0.315 e. The number of carbonyl (C=O) groups excluding carboxylic acids is 1. The number of nitrogens with zero attached hydrogens (tertiary/aromatic N) is 4. The van der Waals surface area contributed by atoms with Gasteiger partial charge < -0.3 is 15.2 Å². The van der Waals surface area contributed by atoms with Crippen LogP contribution < -0.4 is 10.6 Å². The highest BCUT2D eigenvalue weighted by molar-refractivity contribution is 5.73. The molecule has 1 aliphatic carbocycles. The Balaban J connectivity index is 1.46. The lowest BCUT2D eigenvalue weighted by molar-refractivity contribution is -0.0105. The number of halogens is 2. The molecule has 3 rings (SSSR count). The van der Waals surface area contributed by atoms with Gasteiger partial charge in [-0.1, -0.05) is 5.16 Å². The molecule has 8 nitrogen and oxygen atoms in total. The maximum atomic E-state index is 13.0. The van der Waals surface area contributed by atoms with E-state index in [2.05, 4.69) is 30.4 Å². The Bertz CT molecular complexity index is 732. The van der Waals surface area contributed by atoms with Crippen molar-refractivity contribution in [1.82, 2.24) is 30.6 Å². The molecule has 0 bridgehead atoms. The standard InChI is InChI=1S/C14H18F2N6O2/c1-14(15,16)10-5-9(21-24-10)6-17-13(23)18-7-11-19-12(8-3-4-8)20-22(11)2/h5,8H,3-4,6-7H2,1-2H3,(H2,17,18,23). The minimum absolute atomic E-state index is 0.0163. The zero-order valence-electron chi connectivity index (χ0n) is 13.3. The van der Waals surface area contributed by atoms with Crippen molar-refractivity contribution in [2.24, 2.45) is 7.05 Å². The van der Waals surface area contributed by atoms with Crippen LogP contribution in [-0.4, -0.2) is 26.0 Å². The number of hydrogen-bond donors (Lipinski definition) is 2. The summed E-state index contributed by atoms with van der Waals surface area (Å²) in [6.07, 6.45) is 2.21. The van der Waals surface area contributed by atoms with E-state index in [0.717, 1.165) is 24.7 Å². The molecule has 0 aromatic carbocycles. The maximum Gasteiger partial charge on any atom is 0.315 e. The summed E-state index contributed by atoms with van der Waals surface area (Å²) in [6.45, 7) is 0.922. The van der Waals surface area contributed by atoms with Crippen LogP contribution in [0.25, 0.3) is 0 Å². The molecule has 24 heavy (non-hydrogen) atoms. The van der Waals surface area contributed by atoms with Crippen LogP contribution in [0.4, 0.5) is 13.6 Å². The van der Waals surface area contributed by atoms with Crippen LogP contribution in [0.2, 0.25) is 0 Å². The second-order valence-corrected chi connectivity index (χ2v) is 5.89. The van der Waals surface area contributed by atoms with Gasteiger partial charge in [-0.25, -0.2) is 9.78 Å². The zero-order valence-corrected chi connectivity index (χ0v) is 13.3. The van der Waals surface area contributed by atoms with E-state index < -0.39 is 17.7 Å². The van der Waals surface area contributed by atoms with Crippen LogP contribution in [0.5, 0.6) is 0 Å². The molecule has 1 fully saturated rings. The van der Waals surface area contributed by atoms with Crippen molar-refractivity contribution in [3.05, 3.63) is 29.2 Å². The van der Waals surface area contributed by atoms with Crippen molar-refractivity contribution in [2.45, 2.75) is 44.7 Å². The number of alkyl halides is 2. The van der Waals surface area contributed by atoms with Gasteiger partial charge in [0, 0.05) is 26.0 Å². The van der Waals surface area contributed by atoms with Gasteiger partial charge in [0.2, 0.25) is 5.76 Å². The van der Waals surface area contributed by atoms with E-state index >= 15 is 0 Å². The molecular weight excluding hydrogens is 322 g/mol. The van der Waals surface area contributed by atoms with Gasteiger partial charge in [-0.05, 0) is 12.8 Å². The number of urea groups is 1. The highest BCUT2D eigenvalue weighted by atomic mass is 19.3. The van der Waals surface area contributed by atoms with E-state index in [4.69, 9.17) is 0 Å². The first-order valence-corrected chi connectivity index (χ1v) is 7.58. The van der Waals surface area contributed by atoms with Crippen molar-refractivity contribution in [1.29, 1.82) is 0 Å². The summed E-state index contributed by atoms with van der Waals surface area (Å²) in [7, 11) is 1.77. The zero-order chi connectivity index (χ0) is 17.3. The van der Waals surface area contributed by atoms with E-state index in [1.54, 1.807) is 11.7 Å². The Kier molecular flexibility index (Phi) is 4.20. The Morgan fingerprint density at radius 1 is 1.42 bits per heavy atom. The lowest BCUT2D eigenvalue weighted by Gasteiger charge is -2.05. The Morgan fingerprint density at radius 2 is 2.12 bits per heavy atom. The lowest BCUT2D eigenvalue weighted by atomic mass is 10.2. The molecule has 0 spiro atoms. The maximum absolute atomic E-state index is 13.0. The van der Waals surface area contributed by atoms with Gasteiger partial charge in [-0.15, -0.1) is 0 Å². The molecule has 130 valence electrons. The lowest BCUT2D eigenvalue weighted by Crippen LogP contribution is -2.35. The summed E-state index contributed by atoms with van der Waals surface area (Å²) in [4.78, 5) is 16.2. The molecular formula is C14H18F2N6O2. The minimum Gasteiger partial charge on any atom is -0.355 e. The van der Waals surface area contributed by atoms with Gasteiger partial charge in [0.1, 0.15) is 11.5 Å². The van der Waals surface area contributed by atoms with E-state index in [9.17, 15) is 13.6 Å². The van der Waals surface area contributed by atoms with Crippen molar-refractivity contribution < 1.29 is 18.1 Å². The first-order valence-electron chi connectivity index (χ1n) is 7.58. The predicted molar refractivity (Wildman–Crippen MR) is 78.1 cm³/mol. The number of aryl methyl sites for hydroxylation is 1. The van der Waals surface area contributed by atoms with E-state index in [0.29, 0.717) is 18.7 Å². The highest BCUT2D eigenvalue weighted by Crippen LogP contribution is 2.37. The van der Waals surface area contributed by atoms with Gasteiger partial charge in [0.25, 0.3) is 0 Å². The van der Waals surface area contributed by atoms with E-state index in [1.807, 2.05) is 0 Å². The van der Waals surface area contributed by atoms with E-state index in [-0.39, 0.29) is 18.8 Å². The topological polar surface area (TPSA) is 97.9 Å². The fourth-order valence-electron chi connectivity index (χ4n) is 2.10. The summed E-state index contributed by atoms with van der Waals surface area (Å²) in [5.41, 5.74) is 0.219. The average molecular weight is 340 g/mol. The molecule has 0 aliphatic heterocycles. The molecule has 0 radical (unpaired) electrons. The molecule has 10 heteroatoms. The predicted octanol–water partition coefficient (Wildman–Crippen LogP) is 1.79. The molecule has 1 saturated carbocycles.